The molecule has 1 atom stereocenters. The van der Waals surface area contributed by atoms with E-state index in [-0.39, 0.29) is 6.04 Å². The van der Waals surface area contributed by atoms with Crippen LogP contribution in [0.5, 0.6) is 0 Å². The first-order valence-electron chi connectivity index (χ1n) is 5.66. The van der Waals surface area contributed by atoms with Crippen LogP contribution < -0.4 is 5.73 Å². The summed E-state index contributed by atoms with van der Waals surface area (Å²) >= 11 is 0. The van der Waals surface area contributed by atoms with Gasteiger partial charge in [0.05, 0.1) is 11.9 Å². The lowest BCUT2D eigenvalue weighted by Gasteiger charge is -2.08. The van der Waals surface area contributed by atoms with Crippen molar-refractivity contribution in [1.82, 2.24) is 9.78 Å². The molecular formula is C13H15N3. The molecule has 1 unspecified atom stereocenters. The van der Waals surface area contributed by atoms with E-state index in [9.17, 15) is 0 Å². The fourth-order valence-corrected chi connectivity index (χ4v) is 2.40. The van der Waals surface area contributed by atoms with Crippen molar-refractivity contribution in [2.45, 2.75) is 25.8 Å². The van der Waals surface area contributed by atoms with Gasteiger partial charge in [-0.3, -0.25) is 0 Å². The van der Waals surface area contributed by atoms with Gasteiger partial charge in [0.25, 0.3) is 0 Å². The molecule has 3 heteroatoms. The predicted molar refractivity (Wildman–Crippen MR) is 63.6 cm³/mol. The van der Waals surface area contributed by atoms with Gasteiger partial charge < -0.3 is 5.73 Å². The first-order chi connectivity index (χ1) is 7.77. The van der Waals surface area contributed by atoms with Gasteiger partial charge in [0.15, 0.2) is 0 Å². The second-order valence-electron chi connectivity index (χ2n) is 4.39. The number of benzene rings is 1. The lowest BCUT2D eigenvalue weighted by atomic mass is 10.2. The third-order valence-corrected chi connectivity index (χ3v) is 3.34. The summed E-state index contributed by atoms with van der Waals surface area (Å²) in [4.78, 5) is 0. The number of hydrogen-bond donors (Lipinski definition) is 1. The number of nitrogens with two attached hydrogens (primary N) is 1. The van der Waals surface area contributed by atoms with E-state index >= 15 is 0 Å². The second kappa shape index (κ2) is 3.46. The summed E-state index contributed by atoms with van der Waals surface area (Å²) in [5.74, 6) is 0. The third kappa shape index (κ3) is 1.28. The van der Waals surface area contributed by atoms with Crippen LogP contribution in [-0.4, -0.2) is 9.78 Å². The van der Waals surface area contributed by atoms with Crippen molar-refractivity contribution < 1.29 is 0 Å². The van der Waals surface area contributed by atoms with E-state index in [2.05, 4.69) is 24.2 Å². The van der Waals surface area contributed by atoms with Crippen molar-refractivity contribution in [3.8, 4) is 5.69 Å². The van der Waals surface area contributed by atoms with Crippen LogP contribution in [-0.2, 0) is 6.42 Å². The maximum absolute atomic E-state index is 6.02. The van der Waals surface area contributed by atoms with Crippen molar-refractivity contribution in [2.75, 3.05) is 0 Å². The Morgan fingerprint density at radius 2 is 2.19 bits per heavy atom. The van der Waals surface area contributed by atoms with Gasteiger partial charge in [0.2, 0.25) is 0 Å². The van der Waals surface area contributed by atoms with Gasteiger partial charge in [0.1, 0.15) is 0 Å². The molecule has 2 N–H and O–H groups in total. The number of aromatic nitrogens is 2. The highest BCUT2D eigenvalue weighted by molar-refractivity contribution is 5.43. The Morgan fingerprint density at radius 3 is 3.00 bits per heavy atom. The highest BCUT2D eigenvalue weighted by Gasteiger charge is 2.24. The first kappa shape index (κ1) is 9.60. The van der Waals surface area contributed by atoms with Gasteiger partial charge in [0, 0.05) is 17.3 Å². The van der Waals surface area contributed by atoms with Crippen LogP contribution in [0.3, 0.4) is 0 Å². The zero-order chi connectivity index (χ0) is 11.1. The number of rotatable bonds is 1. The maximum Gasteiger partial charge on any atom is 0.0678 e. The molecule has 1 aliphatic rings. The summed E-state index contributed by atoms with van der Waals surface area (Å²) in [7, 11) is 0. The van der Waals surface area contributed by atoms with E-state index in [0.717, 1.165) is 18.5 Å². The average Bonchev–Trinajstić information content (AvgIpc) is 2.83. The zero-order valence-corrected chi connectivity index (χ0v) is 9.35. The number of para-hydroxylation sites is 1. The van der Waals surface area contributed by atoms with Crippen molar-refractivity contribution in [3.05, 3.63) is 47.3 Å². The van der Waals surface area contributed by atoms with Gasteiger partial charge >= 0.3 is 0 Å². The fourth-order valence-electron chi connectivity index (χ4n) is 2.40. The minimum atomic E-state index is 0.174. The molecular weight excluding hydrogens is 198 g/mol. The highest BCUT2D eigenvalue weighted by Crippen LogP contribution is 2.30. The molecule has 1 aliphatic carbocycles. The van der Waals surface area contributed by atoms with E-state index in [1.54, 1.807) is 0 Å². The molecule has 3 rings (SSSR count). The normalized spacial score (nSPS) is 18.8. The quantitative estimate of drug-likeness (QED) is 0.788. The average molecular weight is 213 g/mol. The van der Waals surface area contributed by atoms with Gasteiger partial charge in [-0.1, -0.05) is 18.2 Å². The molecule has 2 aromatic rings. The van der Waals surface area contributed by atoms with Crippen molar-refractivity contribution >= 4 is 0 Å². The molecule has 0 saturated carbocycles. The van der Waals surface area contributed by atoms with E-state index < -0.39 is 0 Å². The van der Waals surface area contributed by atoms with Gasteiger partial charge in [-0.25, -0.2) is 4.68 Å². The van der Waals surface area contributed by atoms with Crippen molar-refractivity contribution in [1.29, 1.82) is 0 Å². The first-order valence-corrected chi connectivity index (χ1v) is 5.66. The van der Waals surface area contributed by atoms with E-state index in [4.69, 9.17) is 5.73 Å². The molecule has 0 fully saturated rings. The maximum atomic E-state index is 6.02. The van der Waals surface area contributed by atoms with Gasteiger partial charge in [-0.2, -0.15) is 5.10 Å². The molecule has 1 heterocycles. The van der Waals surface area contributed by atoms with Crippen LogP contribution >= 0.6 is 0 Å². The SMILES string of the molecule is Cc1ccccc1-n1ncc2c1CCC2N. The molecule has 0 bridgehead atoms. The lowest BCUT2D eigenvalue weighted by molar-refractivity contribution is 0.692. The third-order valence-electron chi connectivity index (χ3n) is 3.34. The van der Waals surface area contributed by atoms with Crippen LogP contribution in [0.4, 0.5) is 0 Å². The molecule has 16 heavy (non-hydrogen) atoms. The molecule has 0 saturated heterocycles. The topological polar surface area (TPSA) is 43.8 Å². The zero-order valence-electron chi connectivity index (χ0n) is 9.35. The second-order valence-corrected chi connectivity index (χ2v) is 4.39. The molecule has 1 aromatic heterocycles. The molecule has 1 aromatic carbocycles. The van der Waals surface area contributed by atoms with Crippen LogP contribution in [0.15, 0.2) is 30.5 Å². The Balaban J connectivity index is 2.16. The van der Waals surface area contributed by atoms with Crippen LogP contribution in [0, 0.1) is 6.92 Å². The van der Waals surface area contributed by atoms with Crippen LogP contribution in [0.25, 0.3) is 5.69 Å². The lowest BCUT2D eigenvalue weighted by Crippen LogP contribution is -2.03. The number of aryl methyl sites for hydroxylation is 1. The van der Waals surface area contributed by atoms with E-state index in [1.165, 1.54) is 16.8 Å². The smallest absolute Gasteiger partial charge is 0.0678 e. The Labute approximate surface area is 94.9 Å². The minimum Gasteiger partial charge on any atom is -0.324 e. The molecule has 82 valence electrons. The number of hydrogen-bond acceptors (Lipinski definition) is 2. The van der Waals surface area contributed by atoms with Crippen molar-refractivity contribution in [2.24, 2.45) is 5.73 Å². The molecule has 0 aliphatic heterocycles. The molecule has 3 nitrogen and oxygen atoms in total. The van der Waals surface area contributed by atoms with Crippen LogP contribution in [0.2, 0.25) is 0 Å². The Bertz CT molecular complexity index is 528. The highest BCUT2D eigenvalue weighted by atomic mass is 15.3. The predicted octanol–water partition coefficient (Wildman–Crippen LogP) is 2.13. The summed E-state index contributed by atoms with van der Waals surface area (Å²) in [6, 6.07) is 8.48. The summed E-state index contributed by atoms with van der Waals surface area (Å²) in [6.45, 7) is 2.11. The van der Waals surface area contributed by atoms with Crippen molar-refractivity contribution in [3.63, 3.8) is 0 Å². The number of nitrogens with zero attached hydrogens (tertiary/aromatic N) is 2. The van der Waals surface area contributed by atoms with Gasteiger partial charge in [-0.15, -0.1) is 0 Å². The van der Waals surface area contributed by atoms with E-state index in [1.807, 2.05) is 23.0 Å². The Kier molecular flexibility index (Phi) is 2.07. The monoisotopic (exact) mass is 213 g/mol. The summed E-state index contributed by atoms with van der Waals surface area (Å²) in [5, 5.41) is 4.46. The summed E-state index contributed by atoms with van der Waals surface area (Å²) in [5.41, 5.74) is 10.9. The molecule has 0 radical (unpaired) electrons. The number of fused-ring (bicyclic) bond motifs is 1. The summed E-state index contributed by atoms with van der Waals surface area (Å²) in [6.07, 6.45) is 3.99. The van der Waals surface area contributed by atoms with Gasteiger partial charge in [-0.05, 0) is 31.4 Å². The largest absolute Gasteiger partial charge is 0.324 e. The van der Waals surface area contributed by atoms with Crippen LogP contribution in [0.1, 0.15) is 29.3 Å². The van der Waals surface area contributed by atoms with E-state index in [0.29, 0.717) is 0 Å². The minimum absolute atomic E-state index is 0.174. The molecule has 0 spiro atoms. The Morgan fingerprint density at radius 1 is 1.38 bits per heavy atom. The fraction of sp³-hybridized carbons (Fsp3) is 0.308. The Hall–Kier alpha value is -1.61. The molecule has 0 amide bonds. The summed E-state index contributed by atoms with van der Waals surface area (Å²) < 4.78 is 2.04. The standard InChI is InChI=1S/C13H15N3/c1-9-4-2-3-5-12(9)16-13-7-6-11(14)10(13)8-15-16/h2-5,8,11H,6-7,14H2,1H3.